The van der Waals surface area contributed by atoms with E-state index in [0.717, 1.165) is 12.8 Å². The second-order valence-corrected chi connectivity index (χ2v) is 3.68. The number of hydrogen-bond acceptors (Lipinski definition) is 2. The predicted octanol–water partition coefficient (Wildman–Crippen LogP) is 1.37. The minimum Gasteiger partial charge on any atom is -0.393 e. The fraction of sp³-hybridized carbons (Fsp3) is 0.700. The highest BCUT2D eigenvalue weighted by Gasteiger charge is 2.12. The Morgan fingerprint density at radius 3 is 2.77 bits per heavy atom. The Morgan fingerprint density at radius 1 is 1.62 bits per heavy atom. The van der Waals surface area contributed by atoms with Crippen LogP contribution in [0, 0.1) is 5.92 Å². The zero-order chi connectivity index (χ0) is 9.84. The van der Waals surface area contributed by atoms with Crippen LogP contribution in [0.25, 0.3) is 0 Å². The second-order valence-electron chi connectivity index (χ2n) is 3.68. The van der Waals surface area contributed by atoms with Crippen LogP contribution in [0.3, 0.4) is 0 Å². The summed E-state index contributed by atoms with van der Waals surface area (Å²) in [6, 6.07) is 0. The molecule has 0 amide bonds. The molecule has 0 bridgehead atoms. The quantitative estimate of drug-likeness (QED) is 0.763. The summed E-state index contributed by atoms with van der Waals surface area (Å²) in [6.07, 6.45) is 5.39. The van der Waals surface area contributed by atoms with Gasteiger partial charge in [-0.2, -0.15) is 5.10 Å². The van der Waals surface area contributed by atoms with Gasteiger partial charge < -0.3 is 5.11 Å². The second kappa shape index (κ2) is 4.42. The highest BCUT2D eigenvalue weighted by atomic mass is 16.3. The number of aliphatic hydroxyl groups excluding tert-OH is 1. The van der Waals surface area contributed by atoms with Gasteiger partial charge in [0.05, 0.1) is 12.3 Å². The molecule has 0 aliphatic carbocycles. The van der Waals surface area contributed by atoms with Crippen molar-refractivity contribution in [3.63, 3.8) is 0 Å². The maximum absolute atomic E-state index is 9.57. The third kappa shape index (κ3) is 2.84. The number of aryl methyl sites for hydroxylation is 1. The number of hydrogen-bond donors (Lipinski definition) is 1. The first-order valence-corrected chi connectivity index (χ1v) is 4.79. The van der Waals surface area contributed by atoms with Crippen molar-refractivity contribution in [1.29, 1.82) is 0 Å². The van der Waals surface area contributed by atoms with Gasteiger partial charge in [0.2, 0.25) is 0 Å². The molecule has 1 aromatic heterocycles. The summed E-state index contributed by atoms with van der Waals surface area (Å²) in [7, 11) is 1.91. The minimum atomic E-state index is -0.194. The van der Waals surface area contributed by atoms with E-state index in [1.165, 1.54) is 5.56 Å². The lowest BCUT2D eigenvalue weighted by Crippen LogP contribution is -2.18. The summed E-state index contributed by atoms with van der Waals surface area (Å²) >= 11 is 0. The van der Waals surface area contributed by atoms with Crippen LogP contribution in [-0.2, 0) is 13.5 Å². The van der Waals surface area contributed by atoms with E-state index in [4.69, 9.17) is 0 Å². The van der Waals surface area contributed by atoms with Crippen molar-refractivity contribution in [2.75, 3.05) is 0 Å². The van der Waals surface area contributed by atoms with Crippen molar-refractivity contribution in [3.05, 3.63) is 18.0 Å². The highest BCUT2D eigenvalue weighted by molar-refractivity contribution is 5.04. The van der Waals surface area contributed by atoms with E-state index in [9.17, 15) is 5.11 Å². The van der Waals surface area contributed by atoms with Gasteiger partial charge in [-0.1, -0.05) is 13.8 Å². The molecule has 2 atom stereocenters. The molecule has 0 saturated carbocycles. The number of aliphatic hydroxyl groups is 1. The van der Waals surface area contributed by atoms with E-state index in [1.54, 1.807) is 4.68 Å². The van der Waals surface area contributed by atoms with E-state index in [-0.39, 0.29) is 6.10 Å². The first-order valence-electron chi connectivity index (χ1n) is 4.79. The monoisotopic (exact) mass is 182 g/mol. The van der Waals surface area contributed by atoms with Gasteiger partial charge in [-0.05, 0) is 24.3 Å². The molecule has 0 saturated heterocycles. The SMILES string of the molecule is CCC(O)C(C)Cc1cnn(C)c1. The molecular weight excluding hydrogens is 164 g/mol. The molecule has 13 heavy (non-hydrogen) atoms. The molecule has 1 rings (SSSR count). The predicted molar refractivity (Wildman–Crippen MR) is 52.4 cm³/mol. The molecule has 0 aliphatic heterocycles. The standard InChI is InChI=1S/C10H18N2O/c1-4-10(13)8(2)5-9-6-11-12(3)7-9/h6-8,10,13H,4-5H2,1-3H3. The molecule has 2 unspecified atom stereocenters. The van der Waals surface area contributed by atoms with Gasteiger partial charge in [-0.25, -0.2) is 0 Å². The summed E-state index contributed by atoms with van der Waals surface area (Å²) < 4.78 is 1.79. The van der Waals surface area contributed by atoms with Crippen LogP contribution >= 0.6 is 0 Å². The van der Waals surface area contributed by atoms with Crippen molar-refractivity contribution in [2.24, 2.45) is 13.0 Å². The van der Waals surface area contributed by atoms with Gasteiger partial charge in [0.1, 0.15) is 0 Å². The molecule has 0 radical (unpaired) electrons. The zero-order valence-electron chi connectivity index (χ0n) is 8.57. The van der Waals surface area contributed by atoms with Crippen molar-refractivity contribution < 1.29 is 5.11 Å². The molecule has 1 N–H and O–H groups in total. The fourth-order valence-corrected chi connectivity index (χ4v) is 1.49. The molecule has 0 aliphatic rings. The van der Waals surface area contributed by atoms with Crippen molar-refractivity contribution in [1.82, 2.24) is 9.78 Å². The molecule has 0 aromatic carbocycles. The average Bonchev–Trinajstić information content (AvgIpc) is 2.49. The summed E-state index contributed by atoms with van der Waals surface area (Å²) in [5, 5.41) is 13.7. The Balaban J connectivity index is 2.49. The first-order chi connectivity index (χ1) is 6.13. The maximum Gasteiger partial charge on any atom is 0.0566 e. The number of aromatic nitrogens is 2. The lowest BCUT2D eigenvalue weighted by molar-refractivity contribution is 0.113. The van der Waals surface area contributed by atoms with E-state index in [2.05, 4.69) is 12.0 Å². The lowest BCUT2D eigenvalue weighted by atomic mass is 9.96. The topological polar surface area (TPSA) is 38.1 Å². The van der Waals surface area contributed by atoms with Gasteiger partial charge >= 0.3 is 0 Å². The average molecular weight is 182 g/mol. The third-order valence-electron chi connectivity index (χ3n) is 2.39. The normalized spacial score (nSPS) is 15.7. The van der Waals surface area contributed by atoms with Gasteiger partial charge in [-0.15, -0.1) is 0 Å². The van der Waals surface area contributed by atoms with Crippen LogP contribution in [0.2, 0.25) is 0 Å². The Labute approximate surface area is 79.4 Å². The Bertz CT molecular complexity index is 257. The fourth-order valence-electron chi connectivity index (χ4n) is 1.49. The van der Waals surface area contributed by atoms with Gasteiger partial charge in [0.25, 0.3) is 0 Å². The molecule has 0 spiro atoms. The van der Waals surface area contributed by atoms with Crippen LogP contribution in [0.5, 0.6) is 0 Å². The summed E-state index contributed by atoms with van der Waals surface area (Å²) in [4.78, 5) is 0. The van der Waals surface area contributed by atoms with Gasteiger partial charge in [0, 0.05) is 13.2 Å². The molecule has 1 aromatic rings. The lowest BCUT2D eigenvalue weighted by Gasteiger charge is -2.15. The Hall–Kier alpha value is -0.830. The van der Waals surface area contributed by atoms with Crippen molar-refractivity contribution in [3.8, 4) is 0 Å². The van der Waals surface area contributed by atoms with Crippen LogP contribution < -0.4 is 0 Å². The van der Waals surface area contributed by atoms with E-state index >= 15 is 0 Å². The minimum absolute atomic E-state index is 0.194. The number of nitrogens with zero attached hydrogens (tertiary/aromatic N) is 2. The summed E-state index contributed by atoms with van der Waals surface area (Å²) in [5.74, 6) is 0.314. The smallest absolute Gasteiger partial charge is 0.0566 e. The van der Waals surface area contributed by atoms with Crippen LogP contribution in [0.15, 0.2) is 12.4 Å². The molecule has 0 fully saturated rings. The van der Waals surface area contributed by atoms with E-state index in [0.29, 0.717) is 5.92 Å². The van der Waals surface area contributed by atoms with E-state index < -0.39 is 0 Å². The highest BCUT2D eigenvalue weighted by Crippen LogP contribution is 2.13. The van der Waals surface area contributed by atoms with Crippen LogP contribution in [-0.4, -0.2) is 21.0 Å². The molecule has 74 valence electrons. The zero-order valence-corrected chi connectivity index (χ0v) is 8.57. The summed E-state index contributed by atoms with van der Waals surface area (Å²) in [5.41, 5.74) is 1.20. The van der Waals surface area contributed by atoms with Crippen molar-refractivity contribution >= 4 is 0 Å². The molecule has 3 heteroatoms. The largest absolute Gasteiger partial charge is 0.393 e. The third-order valence-corrected chi connectivity index (χ3v) is 2.39. The molecule has 3 nitrogen and oxygen atoms in total. The van der Waals surface area contributed by atoms with Crippen LogP contribution in [0.1, 0.15) is 25.8 Å². The Kier molecular flexibility index (Phi) is 3.48. The first kappa shape index (κ1) is 10.3. The van der Waals surface area contributed by atoms with Crippen molar-refractivity contribution in [2.45, 2.75) is 32.8 Å². The maximum atomic E-state index is 9.57. The molecular formula is C10H18N2O. The molecule has 1 heterocycles. The number of rotatable bonds is 4. The van der Waals surface area contributed by atoms with Gasteiger partial charge in [0.15, 0.2) is 0 Å². The van der Waals surface area contributed by atoms with E-state index in [1.807, 2.05) is 26.4 Å². The van der Waals surface area contributed by atoms with Crippen LogP contribution in [0.4, 0.5) is 0 Å². The Morgan fingerprint density at radius 2 is 2.31 bits per heavy atom. The summed E-state index contributed by atoms with van der Waals surface area (Å²) in [6.45, 7) is 4.07. The van der Waals surface area contributed by atoms with Gasteiger partial charge in [-0.3, -0.25) is 4.68 Å².